The van der Waals surface area contributed by atoms with Crippen molar-refractivity contribution in [2.24, 2.45) is 0 Å². The first-order chi connectivity index (χ1) is 8.93. The SMILES string of the molecule is C=CCCCCCCCCC/C=C/c1cccs1. The second-order valence-electron chi connectivity index (χ2n) is 4.76. The average molecular weight is 262 g/mol. The molecule has 0 radical (unpaired) electrons. The lowest BCUT2D eigenvalue weighted by molar-refractivity contribution is 0.584. The molecule has 100 valence electrons. The van der Waals surface area contributed by atoms with Crippen molar-refractivity contribution in [2.45, 2.75) is 57.8 Å². The summed E-state index contributed by atoms with van der Waals surface area (Å²) in [5.74, 6) is 0. The van der Waals surface area contributed by atoms with Crippen LogP contribution in [0.25, 0.3) is 6.08 Å². The number of hydrogen-bond donors (Lipinski definition) is 0. The number of rotatable bonds is 11. The molecule has 1 rings (SSSR count). The molecule has 0 aliphatic rings. The van der Waals surface area contributed by atoms with Crippen LogP contribution in [0.1, 0.15) is 62.7 Å². The van der Waals surface area contributed by atoms with Gasteiger partial charge >= 0.3 is 0 Å². The van der Waals surface area contributed by atoms with Crippen molar-refractivity contribution >= 4 is 17.4 Å². The Balaban J connectivity index is 1.83. The molecular formula is C17H26S. The predicted octanol–water partition coefficient (Wildman–Crippen LogP) is 6.46. The monoisotopic (exact) mass is 262 g/mol. The van der Waals surface area contributed by atoms with Crippen molar-refractivity contribution in [3.63, 3.8) is 0 Å². The summed E-state index contributed by atoms with van der Waals surface area (Å²) in [6.45, 7) is 3.75. The Morgan fingerprint density at radius 3 is 2.22 bits per heavy atom. The fourth-order valence-corrected chi connectivity index (χ4v) is 2.67. The summed E-state index contributed by atoms with van der Waals surface area (Å²) < 4.78 is 0. The summed E-state index contributed by atoms with van der Waals surface area (Å²) in [6.07, 6.45) is 18.7. The second-order valence-corrected chi connectivity index (χ2v) is 5.74. The molecule has 1 aromatic heterocycles. The van der Waals surface area contributed by atoms with Gasteiger partial charge in [-0.1, -0.05) is 50.3 Å². The standard InChI is InChI=1S/C17H26S/c1-2-3-4-5-6-7-8-9-10-11-12-14-17-15-13-16-18-17/h2,12-16H,1,3-11H2/b14-12+. The Kier molecular flexibility index (Phi) is 9.55. The van der Waals surface area contributed by atoms with Gasteiger partial charge in [-0.15, -0.1) is 17.9 Å². The van der Waals surface area contributed by atoms with E-state index in [1.165, 1.54) is 62.7 Å². The van der Waals surface area contributed by atoms with Crippen LogP contribution in [0.3, 0.4) is 0 Å². The molecule has 18 heavy (non-hydrogen) atoms. The minimum Gasteiger partial charge on any atom is -0.144 e. The number of thiophene rings is 1. The Morgan fingerprint density at radius 2 is 1.61 bits per heavy atom. The van der Waals surface area contributed by atoms with Crippen molar-refractivity contribution in [3.05, 3.63) is 41.1 Å². The number of allylic oxidation sites excluding steroid dienone is 2. The summed E-state index contributed by atoms with van der Waals surface area (Å²) in [4.78, 5) is 1.37. The molecule has 0 saturated carbocycles. The summed E-state index contributed by atoms with van der Waals surface area (Å²) in [7, 11) is 0. The van der Waals surface area contributed by atoms with E-state index in [2.05, 4.69) is 36.2 Å². The third-order valence-electron chi connectivity index (χ3n) is 3.10. The third-order valence-corrected chi connectivity index (χ3v) is 3.94. The zero-order valence-corrected chi connectivity index (χ0v) is 12.3. The fourth-order valence-electron chi connectivity index (χ4n) is 2.02. The third kappa shape index (κ3) is 8.30. The first-order valence-electron chi connectivity index (χ1n) is 7.24. The van der Waals surface area contributed by atoms with Crippen molar-refractivity contribution in [2.75, 3.05) is 0 Å². The van der Waals surface area contributed by atoms with Gasteiger partial charge in [-0.05, 0) is 43.2 Å². The molecule has 0 spiro atoms. The van der Waals surface area contributed by atoms with Gasteiger partial charge in [0, 0.05) is 4.88 Å². The van der Waals surface area contributed by atoms with Crippen molar-refractivity contribution in [3.8, 4) is 0 Å². The van der Waals surface area contributed by atoms with Crippen LogP contribution in [-0.2, 0) is 0 Å². The van der Waals surface area contributed by atoms with E-state index in [9.17, 15) is 0 Å². The van der Waals surface area contributed by atoms with Gasteiger partial charge in [-0.2, -0.15) is 0 Å². The molecule has 0 saturated heterocycles. The highest BCUT2D eigenvalue weighted by Crippen LogP contribution is 2.13. The van der Waals surface area contributed by atoms with Crippen LogP contribution < -0.4 is 0 Å². The highest BCUT2D eigenvalue weighted by molar-refractivity contribution is 7.10. The van der Waals surface area contributed by atoms with Gasteiger partial charge < -0.3 is 0 Å². The smallest absolute Gasteiger partial charge is 0.0267 e. The Morgan fingerprint density at radius 1 is 0.944 bits per heavy atom. The van der Waals surface area contributed by atoms with E-state index in [0.717, 1.165) is 0 Å². The molecule has 0 fully saturated rings. The van der Waals surface area contributed by atoms with Gasteiger partial charge in [0.05, 0.1) is 0 Å². The lowest BCUT2D eigenvalue weighted by Crippen LogP contribution is -1.80. The molecule has 1 heteroatoms. The molecule has 1 aromatic rings. The molecular weight excluding hydrogens is 236 g/mol. The van der Waals surface area contributed by atoms with Crippen LogP contribution in [0.15, 0.2) is 36.2 Å². The van der Waals surface area contributed by atoms with Crippen LogP contribution in [0, 0.1) is 0 Å². The van der Waals surface area contributed by atoms with Gasteiger partial charge in [-0.25, -0.2) is 0 Å². The van der Waals surface area contributed by atoms with Gasteiger partial charge in [0.15, 0.2) is 0 Å². The van der Waals surface area contributed by atoms with Crippen LogP contribution in [-0.4, -0.2) is 0 Å². The topological polar surface area (TPSA) is 0 Å². The van der Waals surface area contributed by atoms with Crippen LogP contribution in [0.5, 0.6) is 0 Å². The van der Waals surface area contributed by atoms with E-state index in [1.807, 2.05) is 17.4 Å². The average Bonchev–Trinajstić information content (AvgIpc) is 2.89. The zero-order chi connectivity index (χ0) is 12.9. The van der Waals surface area contributed by atoms with E-state index in [1.54, 1.807) is 0 Å². The summed E-state index contributed by atoms with van der Waals surface area (Å²) in [5.41, 5.74) is 0. The Hall–Kier alpha value is -0.820. The molecule has 0 N–H and O–H groups in total. The van der Waals surface area contributed by atoms with E-state index in [0.29, 0.717) is 0 Å². The Labute approximate surface area is 116 Å². The maximum atomic E-state index is 3.75. The summed E-state index contributed by atoms with van der Waals surface area (Å²) in [5, 5.41) is 2.13. The van der Waals surface area contributed by atoms with Gasteiger partial charge in [0.2, 0.25) is 0 Å². The summed E-state index contributed by atoms with van der Waals surface area (Å²) >= 11 is 1.81. The van der Waals surface area contributed by atoms with Crippen LogP contribution >= 0.6 is 11.3 Å². The van der Waals surface area contributed by atoms with Crippen molar-refractivity contribution in [1.82, 2.24) is 0 Å². The second kappa shape index (κ2) is 11.3. The molecule has 0 unspecified atom stereocenters. The molecule has 0 atom stereocenters. The quantitative estimate of drug-likeness (QED) is 0.317. The maximum absolute atomic E-state index is 3.75. The first kappa shape index (κ1) is 15.2. The van der Waals surface area contributed by atoms with Crippen LogP contribution in [0.2, 0.25) is 0 Å². The highest BCUT2D eigenvalue weighted by atomic mass is 32.1. The molecule has 0 bridgehead atoms. The lowest BCUT2D eigenvalue weighted by Gasteiger charge is -1.99. The first-order valence-corrected chi connectivity index (χ1v) is 8.12. The Bertz CT molecular complexity index is 308. The minimum atomic E-state index is 1.19. The van der Waals surface area contributed by atoms with Gasteiger partial charge in [0.25, 0.3) is 0 Å². The highest BCUT2D eigenvalue weighted by Gasteiger charge is 1.91. The van der Waals surface area contributed by atoms with E-state index >= 15 is 0 Å². The normalized spacial score (nSPS) is 11.1. The lowest BCUT2D eigenvalue weighted by atomic mass is 10.1. The van der Waals surface area contributed by atoms with Gasteiger partial charge in [0.1, 0.15) is 0 Å². The van der Waals surface area contributed by atoms with E-state index in [4.69, 9.17) is 0 Å². The number of hydrogen-bond acceptors (Lipinski definition) is 1. The van der Waals surface area contributed by atoms with Crippen LogP contribution in [0.4, 0.5) is 0 Å². The minimum absolute atomic E-state index is 1.19. The molecule has 0 amide bonds. The van der Waals surface area contributed by atoms with Gasteiger partial charge in [-0.3, -0.25) is 0 Å². The summed E-state index contributed by atoms with van der Waals surface area (Å²) in [6, 6.07) is 4.28. The fraction of sp³-hybridized carbons (Fsp3) is 0.529. The zero-order valence-electron chi connectivity index (χ0n) is 11.4. The maximum Gasteiger partial charge on any atom is 0.0267 e. The number of unbranched alkanes of at least 4 members (excludes halogenated alkanes) is 8. The largest absolute Gasteiger partial charge is 0.144 e. The molecule has 0 aromatic carbocycles. The predicted molar refractivity (Wildman–Crippen MR) is 85.1 cm³/mol. The molecule has 0 aliphatic carbocycles. The van der Waals surface area contributed by atoms with Crippen molar-refractivity contribution in [1.29, 1.82) is 0 Å². The van der Waals surface area contributed by atoms with E-state index < -0.39 is 0 Å². The van der Waals surface area contributed by atoms with Crippen molar-refractivity contribution < 1.29 is 0 Å². The molecule has 0 nitrogen and oxygen atoms in total. The molecule has 1 heterocycles. The van der Waals surface area contributed by atoms with E-state index in [-0.39, 0.29) is 0 Å². The molecule has 0 aliphatic heterocycles.